The summed E-state index contributed by atoms with van der Waals surface area (Å²) in [5.41, 5.74) is 6.26. The minimum Gasteiger partial charge on any atom is -0.486 e. The molecule has 0 fully saturated rings. The van der Waals surface area contributed by atoms with Crippen molar-refractivity contribution in [1.82, 2.24) is 14.8 Å². The van der Waals surface area contributed by atoms with Crippen molar-refractivity contribution in [3.8, 4) is 11.5 Å². The number of fused-ring (bicyclic) bond motifs is 1. The summed E-state index contributed by atoms with van der Waals surface area (Å²) < 4.78 is 14.0. The Labute approximate surface area is 152 Å². The summed E-state index contributed by atoms with van der Waals surface area (Å²) in [5.74, 6) is 2.64. The molecule has 2 heterocycles. The third-order valence-electron chi connectivity index (χ3n) is 3.59. The van der Waals surface area contributed by atoms with Gasteiger partial charge in [-0.2, -0.15) is 0 Å². The SMILES string of the molecule is Cn1c(CCC(N)=O)nnc1SCc1cc2c(cc1Br)OCCO2. The van der Waals surface area contributed by atoms with E-state index in [1.807, 2.05) is 23.7 Å². The first-order valence-electron chi connectivity index (χ1n) is 7.42. The van der Waals surface area contributed by atoms with Crippen LogP contribution in [0.1, 0.15) is 17.8 Å². The molecule has 1 aromatic heterocycles. The van der Waals surface area contributed by atoms with Crippen LogP contribution in [0.5, 0.6) is 11.5 Å². The van der Waals surface area contributed by atoms with Crippen molar-refractivity contribution in [2.45, 2.75) is 23.8 Å². The van der Waals surface area contributed by atoms with Gasteiger partial charge in [0, 0.05) is 30.1 Å². The third kappa shape index (κ3) is 3.84. The first kappa shape index (κ1) is 17.1. The van der Waals surface area contributed by atoms with E-state index in [4.69, 9.17) is 15.2 Å². The Bertz CT molecular complexity index is 765. The zero-order valence-corrected chi connectivity index (χ0v) is 15.5. The van der Waals surface area contributed by atoms with Crippen molar-refractivity contribution in [1.29, 1.82) is 0 Å². The van der Waals surface area contributed by atoms with Crippen LogP contribution in [0.2, 0.25) is 0 Å². The Kier molecular flexibility index (Phi) is 5.30. The van der Waals surface area contributed by atoms with Gasteiger partial charge in [-0.05, 0) is 17.7 Å². The lowest BCUT2D eigenvalue weighted by atomic mass is 10.2. The maximum atomic E-state index is 10.9. The molecule has 0 radical (unpaired) electrons. The van der Waals surface area contributed by atoms with Crippen LogP contribution < -0.4 is 15.2 Å². The van der Waals surface area contributed by atoms with E-state index in [1.54, 1.807) is 11.8 Å². The molecule has 0 unspecified atom stereocenters. The first-order chi connectivity index (χ1) is 11.5. The van der Waals surface area contributed by atoms with Gasteiger partial charge in [0.15, 0.2) is 16.7 Å². The van der Waals surface area contributed by atoms with Gasteiger partial charge in [0.25, 0.3) is 0 Å². The molecule has 1 amide bonds. The van der Waals surface area contributed by atoms with E-state index in [9.17, 15) is 4.79 Å². The van der Waals surface area contributed by atoms with Gasteiger partial charge in [0.2, 0.25) is 5.91 Å². The number of benzene rings is 1. The summed E-state index contributed by atoms with van der Waals surface area (Å²) in [6.45, 7) is 1.13. The number of rotatable bonds is 6. The standard InChI is InChI=1S/C15H17BrN4O3S/c1-20-14(3-2-13(17)21)18-19-15(20)24-8-9-6-11-12(7-10(9)16)23-5-4-22-11/h6-7H,2-5,8H2,1H3,(H2,17,21). The zero-order valence-electron chi connectivity index (χ0n) is 13.1. The lowest BCUT2D eigenvalue weighted by Crippen LogP contribution is -2.15. The van der Waals surface area contributed by atoms with Gasteiger partial charge >= 0.3 is 0 Å². The highest BCUT2D eigenvalue weighted by Crippen LogP contribution is 2.37. The Morgan fingerprint density at radius 1 is 1.33 bits per heavy atom. The van der Waals surface area contributed by atoms with E-state index in [-0.39, 0.29) is 12.3 Å². The molecule has 0 saturated heterocycles. The summed E-state index contributed by atoms with van der Waals surface area (Å²) in [7, 11) is 1.89. The van der Waals surface area contributed by atoms with Gasteiger partial charge in [0.1, 0.15) is 19.0 Å². The molecule has 1 aliphatic rings. The Hall–Kier alpha value is -1.74. The van der Waals surface area contributed by atoms with Crippen LogP contribution in [0.3, 0.4) is 0 Å². The fourth-order valence-corrected chi connectivity index (χ4v) is 3.85. The molecule has 1 aromatic carbocycles. The third-order valence-corrected chi connectivity index (χ3v) is 5.40. The number of carbonyl (C=O) groups is 1. The largest absolute Gasteiger partial charge is 0.486 e. The van der Waals surface area contributed by atoms with Gasteiger partial charge in [-0.1, -0.05) is 27.7 Å². The van der Waals surface area contributed by atoms with E-state index in [0.717, 1.165) is 32.5 Å². The molecule has 24 heavy (non-hydrogen) atoms. The molecule has 2 aromatic rings. The molecule has 0 saturated carbocycles. The number of amides is 1. The van der Waals surface area contributed by atoms with Gasteiger partial charge in [-0.3, -0.25) is 4.79 Å². The lowest BCUT2D eigenvalue weighted by molar-refractivity contribution is -0.118. The van der Waals surface area contributed by atoms with Crippen LogP contribution in [0.25, 0.3) is 0 Å². The van der Waals surface area contributed by atoms with Crippen molar-refractivity contribution >= 4 is 33.6 Å². The number of thioether (sulfide) groups is 1. The Balaban J connectivity index is 1.69. The highest BCUT2D eigenvalue weighted by Gasteiger charge is 2.16. The fraction of sp³-hybridized carbons (Fsp3) is 0.400. The number of nitrogens with two attached hydrogens (primary N) is 1. The van der Waals surface area contributed by atoms with Crippen molar-refractivity contribution in [3.63, 3.8) is 0 Å². The summed E-state index contributed by atoms with van der Waals surface area (Å²) in [6, 6.07) is 3.91. The van der Waals surface area contributed by atoms with Crippen LogP contribution in [0, 0.1) is 0 Å². The fourth-order valence-electron chi connectivity index (χ4n) is 2.28. The van der Waals surface area contributed by atoms with Crippen molar-refractivity contribution in [2.75, 3.05) is 13.2 Å². The highest BCUT2D eigenvalue weighted by molar-refractivity contribution is 9.10. The molecule has 7 nitrogen and oxygen atoms in total. The molecule has 128 valence electrons. The number of ether oxygens (including phenoxy) is 2. The maximum Gasteiger partial charge on any atom is 0.217 e. The second-order valence-electron chi connectivity index (χ2n) is 5.30. The molecule has 1 aliphatic heterocycles. The summed E-state index contributed by atoms with van der Waals surface area (Å²) >= 11 is 5.14. The molecular weight excluding hydrogens is 396 g/mol. The van der Waals surface area contributed by atoms with E-state index in [0.29, 0.717) is 25.4 Å². The number of primary amides is 1. The number of hydrogen-bond acceptors (Lipinski definition) is 6. The molecule has 0 atom stereocenters. The molecule has 2 N–H and O–H groups in total. The second kappa shape index (κ2) is 7.43. The summed E-state index contributed by atoms with van der Waals surface area (Å²) in [4.78, 5) is 10.9. The average molecular weight is 413 g/mol. The number of halogens is 1. The lowest BCUT2D eigenvalue weighted by Gasteiger charge is -2.19. The quantitative estimate of drug-likeness (QED) is 0.729. The van der Waals surface area contributed by atoms with Crippen molar-refractivity contribution in [3.05, 3.63) is 28.0 Å². The molecule has 0 spiro atoms. The van der Waals surface area contributed by atoms with Crippen LogP contribution in [-0.2, 0) is 24.0 Å². The van der Waals surface area contributed by atoms with E-state index >= 15 is 0 Å². The smallest absolute Gasteiger partial charge is 0.217 e. The van der Waals surface area contributed by atoms with Gasteiger partial charge in [0.05, 0.1) is 0 Å². The molecule has 0 bridgehead atoms. The van der Waals surface area contributed by atoms with E-state index in [2.05, 4.69) is 26.1 Å². The van der Waals surface area contributed by atoms with Gasteiger partial charge in [-0.15, -0.1) is 10.2 Å². The highest BCUT2D eigenvalue weighted by atomic mass is 79.9. The monoisotopic (exact) mass is 412 g/mol. The Morgan fingerprint density at radius 3 is 2.75 bits per heavy atom. The van der Waals surface area contributed by atoms with Crippen LogP contribution in [0.4, 0.5) is 0 Å². The Morgan fingerprint density at radius 2 is 2.04 bits per heavy atom. The predicted octanol–water partition coefficient (Wildman–Crippen LogP) is 2.06. The second-order valence-corrected chi connectivity index (χ2v) is 7.10. The molecule has 0 aliphatic carbocycles. The maximum absolute atomic E-state index is 10.9. The molecule has 9 heteroatoms. The number of carbonyl (C=O) groups excluding carboxylic acids is 1. The number of hydrogen-bond donors (Lipinski definition) is 1. The van der Waals surface area contributed by atoms with Gasteiger partial charge in [-0.25, -0.2) is 0 Å². The normalized spacial score (nSPS) is 13.1. The van der Waals surface area contributed by atoms with Crippen LogP contribution in [-0.4, -0.2) is 33.9 Å². The molecule has 3 rings (SSSR count). The van der Waals surface area contributed by atoms with Gasteiger partial charge < -0.3 is 19.8 Å². The number of nitrogens with zero attached hydrogens (tertiary/aromatic N) is 3. The predicted molar refractivity (Wildman–Crippen MR) is 93.2 cm³/mol. The number of aromatic nitrogens is 3. The minimum absolute atomic E-state index is 0.268. The molecular formula is C15H17BrN4O3S. The van der Waals surface area contributed by atoms with E-state index in [1.165, 1.54) is 0 Å². The minimum atomic E-state index is -0.340. The summed E-state index contributed by atoms with van der Waals surface area (Å²) in [5, 5.41) is 9.09. The van der Waals surface area contributed by atoms with E-state index < -0.39 is 0 Å². The zero-order chi connectivity index (χ0) is 17.1. The van der Waals surface area contributed by atoms with Crippen LogP contribution >= 0.6 is 27.7 Å². The van der Waals surface area contributed by atoms with Crippen LogP contribution in [0.15, 0.2) is 21.8 Å². The van der Waals surface area contributed by atoms with Crippen molar-refractivity contribution < 1.29 is 14.3 Å². The topological polar surface area (TPSA) is 92.3 Å². The number of aryl methyl sites for hydroxylation is 1. The summed E-state index contributed by atoms with van der Waals surface area (Å²) in [6.07, 6.45) is 0.761. The first-order valence-corrected chi connectivity index (χ1v) is 9.20. The van der Waals surface area contributed by atoms with Crippen molar-refractivity contribution in [2.24, 2.45) is 12.8 Å². The average Bonchev–Trinajstić information content (AvgIpc) is 2.91.